The molecule has 0 saturated carbocycles. The smallest absolute Gasteiger partial charge is 0.258 e. The molecule has 16 heavy (non-hydrogen) atoms. The average molecular weight is 303 g/mol. The van der Waals surface area contributed by atoms with E-state index >= 15 is 0 Å². The van der Waals surface area contributed by atoms with Crippen molar-refractivity contribution in [2.75, 3.05) is 0 Å². The molecular weight excluding hydrogens is 297 g/mol. The lowest BCUT2D eigenvalue weighted by atomic mass is 10.3. The van der Waals surface area contributed by atoms with E-state index in [-0.39, 0.29) is 5.69 Å². The van der Waals surface area contributed by atoms with Crippen LogP contribution in [0.5, 0.6) is 0 Å². The summed E-state index contributed by atoms with van der Waals surface area (Å²) < 4.78 is 2.01. The van der Waals surface area contributed by atoms with Crippen LogP contribution in [0.3, 0.4) is 0 Å². The van der Waals surface area contributed by atoms with Crippen LogP contribution in [-0.2, 0) is 0 Å². The van der Waals surface area contributed by atoms with Gasteiger partial charge in [-0.15, -0.1) is 0 Å². The Labute approximate surface area is 104 Å². The lowest BCUT2D eigenvalue weighted by molar-refractivity contribution is -0.384. The predicted octanol–water partition coefficient (Wildman–Crippen LogP) is 3.20. The number of nitro benzene ring substituents is 1. The minimum atomic E-state index is -0.463. The number of rotatable bonds is 2. The van der Waals surface area contributed by atoms with E-state index in [0.29, 0.717) is 15.2 Å². The first-order valence-electron chi connectivity index (χ1n) is 4.22. The molecule has 0 aliphatic carbocycles. The highest BCUT2D eigenvalue weighted by Gasteiger charge is 2.16. The normalized spacial score (nSPS) is 10.4. The number of benzene rings is 1. The van der Waals surface area contributed by atoms with Gasteiger partial charge in [-0.05, 0) is 12.1 Å². The van der Waals surface area contributed by atoms with Gasteiger partial charge in [0.2, 0.25) is 0 Å². The first-order valence-corrected chi connectivity index (χ1v) is 5.39. The van der Waals surface area contributed by atoms with Crippen molar-refractivity contribution in [2.24, 2.45) is 0 Å². The minimum absolute atomic E-state index is 0.0332. The van der Waals surface area contributed by atoms with Gasteiger partial charge >= 0.3 is 0 Å². The van der Waals surface area contributed by atoms with E-state index in [9.17, 15) is 10.1 Å². The lowest BCUT2D eigenvalue weighted by Crippen LogP contribution is -2.00. The Bertz CT molecular complexity index is 555. The molecule has 1 aromatic heterocycles. The number of nitro groups is 1. The number of hydrogen-bond donors (Lipinski definition) is 0. The van der Waals surface area contributed by atoms with E-state index in [1.54, 1.807) is 12.1 Å². The minimum Gasteiger partial charge on any atom is -0.258 e. The molecule has 0 atom stereocenters. The Morgan fingerprint density at radius 3 is 2.81 bits per heavy atom. The summed E-state index contributed by atoms with van der Waals surface area (Å²) in [6.45, 7) is 0. The van der Waals surface area contributed by atoms with Crippen LogP contribution in [0.1, 0.15) is 0 Å². The molecule has 0 unspecified atom stereocenters. The zero-order chi connectivity index (χ0) is 11.7. The highest BCUT2D eigenvalue weighted by atomic mass is 79.9. The SMILES string of the molecule is O=[N+]([O-])c1cc(Br)ccc1-n1cc(Cl)cn1. The van der Waals surface area contributed by atoms with Gasteiger partial charge in [-0.25, -0.2) is 4.68 Å². The van der Waals surface area contributed by atoms with Crippen molar-refractivity contribution in [3.8, 4) is 5.69 Å². The van der Waals surface area contributed by atoms with Crippen molar-refractivity contribution in [1.29, 1.82) is 0 Å². The van der Waals surface area contributed by atoms with Crippen LogP contribution < -0.4 is 0 Å². The van der Waals surface area contributed by atoms with E-state index < -0.39 is 4.92 Å². The molecular formula is C9H5BrClN3O2. The molecule has 0 saturated heterocycles. The average Bonchev–Trinajstić information content (AvgIpc) is 2.64. The topological polar surface area (TPSA) is 61.0 Å². The van der Waals surface area contributed by atoms with Crippen LogP contribution in [0.2, 0.25) is 5.02 Å². The summed E-state index contributed by atoms with van der Waals surface area (Å²) in [4.78, 5) is 10.4. The fourth-order valence-corrected chi connectivity index (χ4v) is 1.75. The van der Waals surface area contributed by atoms with Crippen LogP contribution in [0.4, 0.5) is 5.69 Å². The second-order valence-electron chi connectivity index (χ2n) is 2.99. The third-order valence-electron chi connectivity index (χ3n) is 1.93. The van der Waals surface area contributed by atoms with Gasteiger partial charge in [-0.3, -0.25) is 10.1 Å². The zero-order valence-corrected chi connectivity index (χ0v) is 10.1. The van der Waals surface area contributed by atoms with Gasteiger partial charge < -0.3 is 0 Å². The van der Waals surface area contributed by atoms with Gasteiger partial charge in [0.1, 0.15) is 5.69 Å². The summed E-state index contributed by atoms with van der Waals surface area (Å²) >= 11 is 8.89. The van der Waals surface area contributed by atoms with Gasteiger partial charge in [-0.2, -0.15) is 5.10 Å². The van der Waals surface area contributed by atoms with Gasteiger partial charge in [-0.1, -0.05) is 27.5 Å². The predicted molar refractivity (Wildman–Crippen MR) is 62.9 cm³/mol. The molecule has 0 fully saturated rings. The molecule has 0 aliphatic heterocycles. The summed E-state index contributed by atoms with van der Waals surface area (Å²) in [6.07, 6.45) is 2.94. The number of halogens is 2. The molecule has 0 bridgehead atoms. The molecule has 5 nitrogen and oxygen atoms in total. The van der Waals surface area contributed by atoms with Gasteiger partial charge in [0.15, 0.2) is 0 Å². The van der Waals surface area contributed by atoms with Crippen molar-refractivity contribution in [1.82, 2.24) is 9.78 Å². The number of nitrogens with zero attached hydrogens (tertiary/aromatic N) is 3. The molecule has 82 valence electrons. The Morgan fingerprint density at radius 1 is 1.50 bits per heavy atom. The summed E-state index contributed by atoms with van der Waals surface area (Å²) in [5.74, 6) is 0. The molecule has 1 heterocycles. The number of hydrogen-bond acceptors (Lipinski definition) is 3. The van der Waals surface area contributed by atoms with E-state index in [1.165, 1.54) is 23.1 Å². The van der Waals surface area contributed by atoms with E-state index in [4.69, 9.17) is 11.6 Å². The van der Waals surface area contributed by atoms with Gasteiger partial charge in [0, 0.05) is 16.7 Å². The first kappa shape index (κ1) is 11.1. The summed E-state index contributed by atoms with van der Waals surface area (Å²) in [5.41, 5.74) is 0.342. The Balaban J connectivity index is 2.60. The molecule has 0 spiro atoms. The maximum Gasteiger partial charge on any atom is 0.295 e. The highest BCUT2D eigenvalue weighted by molar-refractivity contribution is 9.10. The molecule has 0 aliphatic rings. The van der Waals surface area contributed by atoms with E-state index in [2.05, 4.69) is 21.0 Å². The number of aromatic nitrogens is 2. The fraction of sp³-hybridized carbons (Fsp3) is 0. The Kier molecular flexibility index (Phi) is 2.93. The third-order valence-corrected chi connectivity index (χ3v) is 2.62. The second kappa shape index (κ2) is 4.23. The monoisotopic (exact) mass is 301 g/mol. The van der Waals surface area contributed by atoms with Crippen molar-refractivity contribution in [3.05, 3.63) is 50.2 Å². The van der Waals surface area contributed by atoms with Crippen LogP contribution in [-0.4, -0.2) is 14.7 Å². The molecule has 2 rings (SSSR count). The summed E-state index contributed by atoms with van der Waals surface area (Å²) in [7, 11) is 0. The summed E-state index contributed by atoms with van der Waals surface area (Å²) in [6, 6.07) is 4.73. The maximum atomic E-state index is 10.9. The summed E-state index contributed by atoms with van der Waals surface area (Å²) in [5, 5.41) is 15.2. The Hall–Kier alpha value is -1.40. The van der Waals surface area contributed by atoms with E-state index in [0.717, 1.165) is 0 Å². The second-order valence-corrected chi connectivity index (χ2v) is 4.35. The van der Waals surface area contributed by atoms with Crippen LogP contribution >= 0.6 is 27.5 Å². The van der Waals surface area contributed by atoms with Gasteiger partial charge in [0.25, 0.3) is 5.69 Å². The third kappa shape index (κ3) is 2.07. The molecule has 0 amide bonds. The first-order chi connectivity index (χ1) is 7.58. The van der Waals surface area contributed by atoms with Crippen LogP contribution in [0, 0.1) is 10.1 Å². The lowest BCUT2D eigenvalue weighted by Gasteiger charge is -2.02. The van der Waals surface area contributed by atoms with Crippen LogP contribution in [0.25, 0.3) is 5.69 Å². The molecule has 0 N–H and O–H groups in total. The molecule has 7 heteroatoms. The molecule has 0 radical (unpaired) electrons. The van der Waals surface area contributed by atoms with E-state index in [1.807, 2.05) is 0 Å². The molecule has 2 aromatic rings. The molecule has 1 aromatic carbocycles. The highest BCUT2D eigenvalue weighted by Crippen LogP contribution is 2.26. The van der Waals surface area contributed by atoms with Crippen molar-refractivity contribution >= 4 is 33.2 Å². The van der Waals surface area contributed by atoms with Crippen LogP contribution in [0.15, 0.2) is 35.1 Å². The van der Waals surface area contributed by atoms with Gasteiger partial charge in [0.05, 0.1) is 16.1 Å². The van der Waals surface area contributed by atoms with Crippen molar-refractivity contribution in [3.63, 3.8) is 0 Å². The van der Waals surface area contributed by atoms with Crippen molar-refractivity contribution < 1.29 is 4.92 Å². The fourth-order valence-electron chi connectivity index (χ4n) is 1.27. The standard InChI is InChI=1S/C9H5BrClN3O2/c10-6-1-2-8(9(3-6)14(15)16)13-5-7(11)4-12-13/h1-5H. The van der Waals surface area contributed by atoms with Crippen molar-refractivity contribution in [2.45, 2.75) is 0 Å². The Morgan fingerprint density at radius 2 is 2.25 bits per heavy atom. The quantitative estimate of drug-likeness (QED) is 0.632. The maximum absolute atomic E-state index is 10.9. The largest absolute Gasteiger partial charge is 0.295 e. The zero-order valence-electron chi connectivity index (χ0n) is 7.80.